The van der Waals surface area contributed by atoms with Gasteiger partial charge in [0, 0.05) is 0 Å². The molecule has 12 heavy (non-hydrogen) atoms. The Morgan fingerprint density at radius 2 is 2.00 bits per heavy atom. The minimum atomic E-state index is -1.13. The van der Waals surface area contributed by atoms with Crippen LogP contribution in [-0.2, 0) is 10.8 Å². The highest BCUT2D eigenvalue weighted by Crippen LogP contribution is 2.18. The highest BCUT2D eigenvalue weighted by molar-refractivity contribution is 8.01. The highest BCUT2D eigenvalue weighted by Gasteiger charge is 1.94. The maximum absolute atomic E-state index is 10.9. The van der Waals surface area contributed by atoms with Crippen LogP contribution in [-0.4, -0.2) is 9.76 Å². The van der Waals surface area contributed by atoms with Crippen LogP contribution in [0, 0.1) is 0 Å². The minimum absolute atomic E-state index is 0.744. The fourth-order valence-electron chi connectivity index (χ4n) is 0.990. The average Bonchev–Trinajstić information content (AvgIpc) is 2.54. The van der Waals surface area contributed by atoms with E-state index in [0.29, 0.717) is 0 Å². The van der Waals surface area contributed by atoms with Crippen LogP contribution in [0.3, 0.4) is 0 Å². The summed E-state index contributed by atoms with van der Waals surface area (Å²) in [7, 11) is -1.13. The molecule has 0 bridgehead atoms. The summed E-state index contributed by atoms with van der Waals surface area (Å²) in [6, 6.07) is 9.64. The summed E-state index contributed by atoms with van der Waals surface area (Å²) in [5.41, 5.74) is 4.20. The Morgan fingerprint density at radius 1 is 1.25 bits per heavy atom. The third-order valence-electron chi connectivity index (χ3n) is 1.54. The monoisotopic (exact) mass is 176 g/mol. The summed E-state index contributed by atoms with van der Waals surface area (Å²) in [6.07, 6.45) is 0. The maximum atomic E-state index is 10.9. The molecule has 0 saturated heterocycles. The first-order chi connectivity index (χ1) is 5.86. The first kappa shape index (κ1) is 7.43. The first-order valence-corrected chi connectivity index (χ1v) is 4.72. The Bertz CT molecular complexity index is 367. The van der Waals surface area contributed by atoms with Crippen molar-refractivity contribution in [3.05, 3.63) is 41.3 Å². The van der Waals surface area contributed by atoms with Crippen LogP contribution in [0.15, 0.2) is 40.7 Å². The predicted octanol–water partition coefficient (Wildman–Crippen LogP) is 1.65. The predicted molar refractivity (Wildman–Crippen MR) is 50.0 cm³/mol. The number of aliphatic imine (C=N–C) groups is 1. The zero-order chi connectivity index (χ0) is 8.39. The molecule has 1 aromatic carbocycles. The van der Waals surface area contributed by atoms with Gasteiger partial charge >= 0.3 is 0 Å². The van der Waals surface area contributed by atoms with Gasteiger partial charge in [-0.3, -0.25) is 4.21 Å². The van der Waals surface area contributed by atoms with Gasteiger partial charge in [0.25, 0.3) is 0 Å². The topological polar surface area (TPSA) is 29.4 Å². The van der Waals surface area contributed by atoms with E-state index in [4.69, 9.17) is 0 Å². The highest BCUT2D eigenvalue weighted by atomic mass is 32.2. The number of hydrogen-bond acceptors (Lipinski definition) is 2. The first-order valence-electron chi connectivity index (χ1n) is 3.50. The second-order valence-electron chi connectivity index (χ2n) is 2.37. The molecule has 0 N–H and O–H groups in total. The molecule has 0 saturated carbocycles. The van der Waals surface area contributed by atoms with Crippen molar-refractivity contribution in [2.24, 2.45) is 4.99 Å². The maximum Gasteiger partial charge on any atom is -0.0196 e. The van der Waals surface area contributed by atoms with Crippen molar-refractivity contribution in [2.45, 2.75) is 0 Å². The molecule has 0 spiro atoms. The summed E-state index contributed by atoms with van der Waals surface area (Å²) in [5, 5.41) is 1.59. The lowest BCUT2D eigenvalue weighted by atomic mass is 10.2. The van der Waals surface area contributed by atoms with Gasteiger partial charge in [-0.15, -0.1) is 0 Å². The molecule has 0 aromatic heterocycles. The van der Waals surface area contributed by atoms with Crippen molar-refractivity contribution in [2.75, 3.05) is 0 Å². The largest absolute Gasteiger partial charge is 0.441 e. The number of rotatable bonds is 1. The molecule has 1 unspecified atom stereocenters. The molecule has 1 heterocycles. The van der Waals surface area contributed by atoms with Crippen LogP contribution < -0.4 is 0 Å². The van der Waals surface area contributed by atoms with Crippen molar-refractivity contribution in [3.63, 3.8) is 0 Å². The Hall–Kier alpha value is -1.22. The van der Waals surface area contributed by atoms with Crippen molar-refractivity contribution >= 4 is 22.0 Å². The molecule has 1 aliphatic rings. The van der Waals surface area contributed by atoms with Crippen molar-refractivity contribution in [1.29, 1.82) is 0 Å². The van der Waals surface area contributed by atoms with E-state index >= 15 is 0 Å². The Labute approximate surface area is 73.1 Å². The van der Waals surface area contributed by atoms with Gasteiger partial charge in [-0.2, -0.15) is 0 Å². The molecule has 3 heteroatoms. The van der Waals surface area contributed by atoms with E-state index in [1.54, 1.807) is 5.41 Å². The Morgan fingerprint density at radius 3 is 2.58 bits per heavy atom. The van der Waals surface area contributed by atoms with E-state index in [2.05, 4.69) is 10.5 Å². The normalized spacial score (nSPS) is 21.0. The molecule has 1 aromatic rings. The van der Waals surface area contributed by atoms with E-state index in [-0.39, 0.29) is 0 Å². The van der Waals surface area contributed by atoms with Gasteiger partial charge in [-0.1, -0.05) is 52.5 Å². The summed E-state index contributed by atoms with van der Waals surface area (Å²) >= 11 is 0. The molecule has 0 amide bonds. The number of benzene rings is 1. The fourth-order valence-corrected chi connectivity index (χ4v) is 1.62. The lowest BCUT2D eigenvalue weighted by molar-refractivity contribution is 0.695. The van der Waals surface area contributed by atoms with Gasteiger partial charge in [-0.05, 0) is 10.8 Å². The zero-order valence-corrected chi connectivity index (χ0v) is 7.04. The smallest absolute Gasteiger partial charge is 0.0196 e. The molecule has 2 rings (SSSR count). The second kappa shape index (κ2) is 3.03. The van der Waals surface area contributed by atoms with E-state index in [1.807, 2.05) is 30.3 Å². The molecule has 0 aliphatic carbocycles. The Balaban J connectivity index is 2.40. The zero-order valence-electron chi connectivity index (χ0n) is 6.23. The lowest BCUT2D eigenvalue weighted by Crippen LogP contribution is -1.76. The minimum Gasteiger partial charge on any atom is -0.441 e. The SMILES string of the molecule is O=S1[C-]=NC(c2ccccc2)=C1. The molecule has 0 fully saturated rings. The molecule has 1 atom stereocenters. The average molecular weight is 176 g/mol. The third-order valence-corrected chi connectivity index (χ3v) is 2.25. The van der Waals surface area contributed by atoms with Crippen LogP contribution >= 0.6 is 0 Å². The van der Waals surface area contributed by atoms with Gasteiger partial charge in [0.2, 0.25) is 0 Å². The summed E-state index contributed by atoms with van der Waals surface area (Å²) < 4.78 is 10.9. The second-order valence-corrected chi connectivity index (χ2v) is 3.38. The van der Waals surface area contributed by atoms with Gasteiger partial charge in [0.15, 0.2) is 0 Å². The quantitative estimate of drug-likeness (QED) is 0.598. The molecule has 2 nitrogen and oxygen atoms in total. The van der Waals surface area contributed by atoms with Crippen LogP contribution in [0.1, 0.15) is 5.56 Å². The lowest BCUT2D eigenvalue weighted by Gasteiger charge is -2.04. The van der Waals surface area contributed by atoms with Gasteiger partial charge in [0.05, 0.1) is 0 Å². The summed E-state index contributed by atoms with van der Waals surface area (Å²) in [5.74, 6) is 0. The number of nitrogens with zero attached hydrogens (tertiary/aromatic N) is 1. The van der Waals surface area contributed by atoms with Crippen LogP contribution in [0.5, 0.6) is 0 Å². The van der Waals surface area contributed by atoms with E-state index < -0.39 is 10.8 Å². The fraction of sp³-hybridized carbons (Fsp3) is 0. The van der Waals surface area contributed by atoms with Crippen LogP contribution in [0.2, 0.25) is 0 Å². The Kier molecular flexibility index (Phi) is 1.87. The van der Waals surface area contributed by atoms with Gasteiger partial charge < -0.3 is 4.99 Å². The molecular weight excluding hydrogens is 170 g/mol. The van der Waals surface area contributed by atoms with Crippen molar-refractivity contribution in [3.8, 4) is 0 Å². The number of hydrogen-bond donors (Lipinski definition) is 0. The third kappa shape index (κ3) is 1.36. The van der Waals surface area contributed by atoms with Crippen LogP contribution in [0.4, 0.5) is 0 Å². The van der Waals surface area contributed by atoms with E-state index in [1.165, 1.54) is 0 Å². The summed E-state index contributed by atoms with van der Waals surface area (Å²) in [6.45, 7) is 0. The molecular formula is C9H6NOS-. The van der Waals surface area contributed by atoms with Gasteiger partial charge in [-0.25, -0.2) is 0 Å². The van der Waals surface area contributed by atoms with Crippen LogP contribution in [0.25, 0.3) is 5.70 Å². The molecule has 1 aliphatic heterocycles. The van der Waals surface area contributed by atoms with E-state index in [0.717, 1.165) is 11.3 Å². The summed E-state index contributed by atoms with van der Waals surface area (Å²) in [4.78, 5) is 3.90. The molecule has 0 radical (unpaired) electrons. The van der Waals surface area contributed by atoms with Crippen molar-refractivity contribution < 1.29 is 4.21 Å². The van der Waals surface area contributed by atoms with Gasteiger partial charge in [0.1, 0.15) is 0 Å². The van der Waals surface area contributed by atoms with E-state index in [9.17, 15) is 4.21 Å². The standard InChI is InChI=1S/C9H6NOS/c11-12-6-9(10-7-12)8-4-2-1-3-5-8/h1-6H/q-1. The molecule has 60 valence electrons. The van der Waals surface area contributed by atoms with Crippen molar-refractivity contribution in [1.82, 2.24) is 0 Å².